The lowest BCUT2D eigenvalue weighted by molar-refractivity contribution is 0.393. The molecule has 0 aliphatic carbocycles. The van der Waals surface area contributed by atoms with Gasteiger partial charge in [0.05, 0.1) is 35.8 Å². The molecule has 0 aliphatic rings. The van der Waals surface area contributed by atoms with Crippen LogP contribution >= 0.6 is 159 Å². The minimum absolute atomic E-state index is 0.649. The number of hydrogen-bond acceptors (Lipinski definition) is 2. The van der Waals surface area contributed by atoms with Gasteiger partial charge >= 0.3 is 8.56 Å². The van der Waals surface area contributed by atoms with E-state index in [-0.39, 0.29) is 0 Å². The van der Waals surface area contributed by atoms with Crippen LogP contribution in [0.2, 0.25) is 13.1 Å². The van der Waals surface area contributed by atoms with Gasteiger partial charge in [-0.05, 0) is 159 Å². The molecule has 0 atom stereocenters. The van der Waals surface area contributed by atoms with Crippen molar-refractivity contribution in [2.45, 2.75) is 13.1 Å². The van der Waals surface area contributed by atoms with Crippen molar-refractivity contribution in [1.29, 1.82) is 0 Å². The van der Waals surface area contributed by atoms with E-state index in [9.17, 15) is 0 Å². The van der Waals surface area contributed by atoms with Gasteiger partial charge in [-0.1, -0.05) is 0 Å². The van der Waals surface area contributed by atoms with Gasteiger partial charge in [0.25, 0.3) is 0 Å². The fraction of sp³-hybridized carbons (Fsp3) is 0.143. The topological polar surface area (TPSA) is 18.5 Å². The SMILES string of the molecule is C[Si](C)(Oc1c(Br)c(Br)c(Br)c(Br)c1Br)Oc1c(Br)c(Br)c(Br)c(Br)c1Br. The van der Waals surface area contributed by atoms with E-state index in [0.29, 0.717) is 11.5 Å². The van der Waals surface area contributed by atoms with Gasteiger partial charge in [-0.2, -0.15) is 0 Å². The Morgan fingerprint density at radius 2 is 0.593 bits per heavy atom. The summed E-state index contributed by atoms with van der Waals surface area (Å²) in [6.45, 7) is 3.94. The van der Waals surface area contributed by atoms with Gasteiger partial charge < -0.3 is 8.85 Å². The molecule has 0 saturated heterocycles. The Hall–Kier alpha value is 3.06. The van der Waals surface area contributed by atoms with Crippen LogP contribution in [0.1, 0.15) is 0 Å². The zero-order chi connectivity index (χ0) is 20.8. The molecule has 2 rings (SSSR count). The van der Waals surface area contributed by atoms with Gasteiger partial charge in [0, 0.05) is 22.0 Å². The van der Waals surface area contributed by atoms with E-state index < -0.39 is 8.56 Å². The first-order valence-electron chi connectivity index (χ1n) is 6.71. The van der Waals surface area contributed by atoms with Crippen molar-refractivity contribution in [2.24, 2.45) is 0 Å². The Morgan fingerprint density at radius 3 is 0.815 bits per heavy atom. The van der Waals surface area contributed by atoms with Crippen LogP contribution in [0.15, 0.2) is 44.7 Å². The lowest BCUT2D eigenvalue weighted by Crippen LogP contribution is -2.42. The van der Waals surface area contributed by atoms with Gasteiger partial charge in [0.15, 0.2) is 0 Å². The maximum Gasteiger partial charge on any atom is 0.454 e. The lowest BCUT2D eigenvalue weighted by atomic mass is 10.3. The number of benzene rings is 2. The maximum atomic E-state index is 6.36. The highest BCUT2D eigenvalue weighted by atomic mass is 79.9. The van der Waals surface area contributed by atoms with Crippen molar-refractivity contribution in [3.63, 3.8) is 0 Å². The summed E-state index contributed by atoms with van der Waals surface area (Å²) in [4.78, 5) is 0. The Bertz CT molecular complexity index is 800. The molecule has 0 amide bonds. The summed E-state index contributed by atoms with van der Waals surface area (Å²) in [7, 11) is -2.67. The normalized spacial score (nSPS) is 11.7. The second kappa shape index (κ2) is 10.3. The molecule has 0 spiro atoms. The predicted molar refractivity (Wildman–Crippen MR) is 149 cm³/mol. The molecule has 2 nitrogen and oxygen atoms in total. The minimum atomic E-state index is -2.67. The van der Waals surface area contributed by atoms with Crippen LogP contribution in [-0.2, 0) is 0 Å². The van der Waals surface area contributed by atoms with Gasteiger partial charge in [0.1, 0.15) is 11.5 Å². The molecule has 13 heteroatoms. The van der Waals surface area contributed by atoms with E-state index in [1.54, 1.807) is 0 Å². The van der Waals surface area contributed by atoms with Gasteiger partial charge in [-0.3, -0.25) is 0 Å². The molecule has 0 fully saturated rings. The molecule has 148 valence electrons. The Labute approximate surface area is 242 Å². The van der Waals surface area contributed by atoms with E-state index in [1.807, 2.05) is 13.1 Å². The standard InChI is InChI=1S/C14H6Br10O2Si/c1-27(2,25-13-9(21)5(17)3(15)6(18)10(13)22)26-14-11(23)7(19)4(16)8(20)12(14)24/h1-2H3. The van der Waals surface area contributed by atoms with E-state index in [1.165, 1.54) is 0 Å². The second-order valence-electron chi connectivity index (χ2n) is 5.40. The van der Waals surface area contributed by atoms with Crippen LogP contribution in [-0.4, -0.2) is 8.56 Å². The quantitative estimate of drug-likeness (QED) is 0.173. The first kappa shape index (κ1) is 26.3. The highest BCUT2D eigenvalue weighted by molar-refractivity contribution is 9.16. The summed E-state index contributed by atoms with van der Waals surface area (Å²) in [5, 5.41) is 0. The van der Waals surface area contributed by atoms with Crippen LogP contribution in [0.5, 0.6) is 11.5 Å². The van der Waals surface area contributed by atoms with Crippen molar-refractivity contribution in [2.75, 3.05) is 0 Å². The van der Waals surface area contributed by atoms with Crippen LogP contribution in [0.4, 0.5) is 0 Å². The zero-order valence-electron chi connectivity index (χ0n) is 13.1. The first-order chi connectivity index (χ1) is 12.3. The molecule has 0 bridgehead atoms. The fourth-order valence-corrected chi connectivity index (χ4v) is 10.2. The van der Waals surface area contributed by atoms with Gasteiger partial charge in [-0.15, -0.1) is 0 Å². The summed E-state index contributed by atoms with van der Waals surface area (Å²) in [5.41, 5.74) is 0. The predicted octanol–water partition coefficient (Wildman–Crippen LogP) is 11.5. The minimum Gasteiger partial charge on any atom is -0.510 e. The first-order valence-corrected chi connectivity index (χ1v) is 17.5. The van der Waals surface area contributed by atoms with Crippen molar-refractivity contribution >= 4 is 168 Å². The van der Waals surface area contributed by atoms with Crippen molar-refractivity contribution in [1.82, 2.24) is 0 Å². The Morgan fingerprint density at radius 1 is 0.407 bits per heavy atom. The Kier molecular flexibility index (Phi) is 10.1. The summed E-state index contributed by atoms with van der Waals surface area (Å²) >= 11 is 35.7. The van der Waals surface area contributed by atoms with Crippen LogP contribution < -0.4 is 8.85 Å². The summed E-state index contributed by atoms with van der Waals surface area (Å²) < 4.78 is 21.0. The zero-order valence-corrected chi connectivity index (χ0v) is 30.0. The Balaban J connectivity index is 2.49. The lowest BCUT2D eigenvalue weighted by Gasteiger charge is -2.28. The molecule has 0 heterocycles. The highest BCUT2D eigenvalue weighted by Crippen LogP contribution is 2.51. The van der Waals surface area contributed by atoms with Crippen molar-refractivity contribution < 1.29 is 8.85 Å². The van der Waals surface area contributed by atoms with Gasteiger partial charge in [-0.25, -0.2) is 0 Å². The summed E-state index contributed by atoms with van der Waals surface area (Å²) in [6, 6.07) is 0. The average molecular weight is 1030 g/mol. The largest absolute Gasteiger partial charge is 0.510 e. The van der Waals surface area contributed by atoms with E-state index in [2.05, 4.69) is 159 Å². The van der Waals surface area contributed by atoms with E-state index >= 15 is 0 Å². The molecule has 2 aromatic carbocycles. The maximum absolute atomic E-state index is 6.36. The molecule has 0 saturated carbocycles. The van der Waals surface area contributed by atoms with E-state index in [0.717, 1.165) is 44.7 Å². The third-order valence-corrected chi connectivity index (χ3v) is 16.5. The van der Waals surface area contributed by atoms with E-state index in [4.69, 9.17) is 8.85 Å². The third kappa shape index (κ3) is 5.71. The molecule has 0 aliphatic heterocycles. The smallest absolute Gasteiger partial charge is 0.454 e. The fourth-order valence-electron chi connectivity index (χ4n) is 1.86. The van der Waals surface area contributed by atoms with Crippen LogP contribution in [0.25, 0.3) is 0 Å². The number of rotatable bonds is 4. The molecular weight excluding hydrogens is 1030 g/mol. The molecule has 27 heavy (non-hydrogen) atoms. The molecular formula is C14H6Br10O2Si. The molecule has 0 unspecified atom stereocenters. The summed E-state index contributed by atoms with van der Waals surface area (Å²) in [5.74, 6) is 1.30. The van der Waals surface area contributed by atoms with Crippen LogP contribution in [0.3, 0.4) is 0 Å². The number of hydrogen-bond donors (Lipinski definition) is 0. The molecule has 0 radical (unpaired) electrons. The van der Waals surface area contributed by atoms with Crippen molar-refractivity contribution in [3.05, 3.63) is 44.7 Å². The molecule has 0 N–H and O–H groups in total. The summed E-state index contributed by atoms with van der Waals surface area (Å²) in [6.07, 6.45) is 0. The highest BCUT2D eigenvalue weighted by Gasteiger charge is 2.35. The molecule has 2 aromatic rings. The average Bonchev–Trinajstić information content (AvgIpc) is 2.62. The molecule has 0 aromatic heterocycles. The third-order valence-electron chi connectivity index (χ3n) is 3.03. The van der Waals surface area contributed by atoms with Crippen molar-refractivity contribution in [3.8, 4) is 11.5 Å². The second-order valence-corrected chi connectivity index (χ2v) is 16.5. The monoisotopic (exact) mass is 1020 g/mol. The van der Waals surface area contributed by atoms with Crippen LogP contribution in [0, 0.1) is 0 Å². The van der Waals surface area contributed by atoms with Gasteiger partial charge in [0.2, 0.25) is 0 Å². The number of halogens is 10.